The molecule has 0 fully saturated rings. The number of rotatable bonds is 3. The molecule has 2 aromatic carbocycles. The maximum atomic E-state index is 10.3. The molecule has 5 heteroatoms. The number of hydrogen-bond donors (Lipinski definition) is 0. The van der Waals surface area contributed by atoms with Gasteiger partial charge in [-0.2, -0.15) is 8.42 Å². The topological polar surface area (TPSA) is 55.7 Å². The van der Waals surface area contributed by atoms with Crippen molar-refractivity contribution in [2.24, 2.45) is 4.36 Å². The lowest BCUT2D eigenvalue weighted by Gasteiger charge is -2.04. The molecule has 2 aromatic rings. The Morgan fingerprint density at radius 3 is 2.00 bits per heavy atom. The van der Waals surface area contributed by atoms with E-state index in [2.05, 4.69) is 4.36 Å². The molecule has 0 aliphatic carbocycles. The zero-order valence-corrected chi connectivity index (χ0v) is 9.59. The third-order valence-electron chi connectivity index (χ3n) is 2.00. The first kappa shape index (κ1) is 11.3. The second kappa shape index (κ2) is 5.27. The Labute approximate surface area is 100 Å². The van der Waals surface area contributed by atoms with Crippen molar-refractivity contribution >= 4 is 16.2 Å². The highest BCUT2D eigenvalue weighted by Gasteiger charge is 1.96. The first-order valence-corrected chi connectivity index (χ1v) is 5.91. The van der Waals surface area contributed by atoms with E-state index >= 15 is 0 Å². The third kappa shape index (κ3) is 3.42. The van der Waals surface area contributed by atoms with E-state index < -0.39 is 10.5 Å². The molecule has 0 saturated carbocycles. The van der Waals surface area contributed by atoms with Gasteiger partial charge in [0.05, 0.1) is 5.69 Å². The smallest absolute Gasteiger partial charge is 0.316 e. The Bertz CT molecular complexity index is 611. The lowest BCUT2D eigenvalue weighted by atomic mass is 10.3. The molecular weight excluding hydrogens is 238 g/mol. The summed E-state index contributed by atoms with van der Waals surface area (Å²) in [5, 5.41) is 0. The number of nitrogens with zero attached hydrogens (tertiary/aromatic N) is 1. The largest absolute Gasteiger partial charge is 0.457 e. The summed E-state index contributed by atoms with van der Waals surface area (Å²) in [7, 11) is -2.43. The van der Waals surface area contributed by atoms with Crippen molar-refractivity contribution < 1.29 is 13.2 Å². The molecule has 86 valence electrons. The van der Waals surface area contributed by atoms with Crippen LogP contribution in [0.1, 0.15) is 0 Å². The maximum absolute atomic E-state index is 10.3. The highest BCUT2D eigenvalue weighted by molar-refractivity contribution is 7.61. The molecule has 0 spiro atoms. The van der Waals surface area contributed by atoms with Gasteiger partial charge in [-0.1, -0.05) is 18.2 Å². The van der Waals surface area contributed by atoms with Gasteiger partial charge in [0, 0.05) is 0 Å². The van der Waals surface area contributed by atoms with Gasteiger partial charge in [-0.15, -0.1) is 4.36 Å². The van der Waals surface area contributed by atoms with Crippen LogP contribution in [0.4, 0.5) is 5.69 Å². The summed E-state index contributed by atoms with van der Waals surface area (Å²) < 4.78 is 29.6. The molecule has 0 saturated heterocycles. The summed E-state index contributed by atoms with van der Waals surface area (Å²) in [6, 6.07) is 15.8. The van der Waals surface area contributed by atoms with Crippen LogP contribution in [0, 0.1) is 0 Å². The lowest BCUT2D eigenvalue weighted by Crippen LogP contribution is -1.82. The van der Waals surface area contributed by atoms with E-state index in [0.29, 0.717) is 11.4 Å². The van der Waals surface area contributed by atoms with Gasteiger partial charge in [0.1, 0.15) is 11.5 Å². The van der Waals surface area contributed by atoms with E-state index in [1.165, 1.54) is 0 Å². The standard InChI is InChI=1S/C12H9NO3S/c14-17(15)13-10-6-8-12(9-7-10)16-11-4-2-1-3-5-11/h1-9H. The highest BCUT2D eigenvalue weighted by Crippen LogP contribution is 2.23. The number of benzene rings is 2. The van der Waals surface area contributed by atoms with Gasteiger partial charge in [0.25, 0.3) is 0 Å². The average Bonchev–Trinajstić information content (AvgIpc) is 2.32. The predicted octanol–water partition coefficient (Wildman–Crippen LogP) is 3.17. The zero-order valence-electron chi connectivity index (χ0n) is 8.78. The fourth-order valence-corrected chi connectivity index (χ4v) is 1.58. The molecule has 17 heavy (non-hydrogen) atoms. The number of hydrogen-bond acceptors (Lipinski definition) is 4. The van der Waals surface area contributed by atoms with E-state index in [1.54, 1.807) is 24.3 Å². The normalized spacial score (nSPS) is 9.65. The average molecular weight is 247 g/mol. The molecule has 0 aromatic heterocycles. The maximum Gasteiger partial charge on any atom is 0.316 e. The fourth-order valence-electron chi connectivity index (χ4n) is 1.29. The zero-order chi connectivity index (χ0) is 12.1. The lowest BCUT2D eigenvalue weighted by molar-refractivity contribution is 0.483. The monoisotopic (exact) mass is 247 g/mol. The van der Waals surface area contributed by atoms with Crippen LogP contribution in [-0.2, 0) is 10.5 Å². The van der Waals surface area contributed by atoms with Gasteiger partial charge in [-0.25, -0.2) is 0 Å². The summed E-state index contributed by atoms with van der Waals surface area (Å²) >= 11 is 0. The van der Waals surface area contributed by atoms with Crippen molar-refractivity contribution in [3.8, 4) is 11.5 Å². The molecule has 0 heterocycles. The van der Waals surface area contributed by atoms with Crippen LogP contribution >= 0.6 is 0 Å². The fraction of sp³-hybridized carbons (Fsp3) is 0. The van der Waals surface area contributed by atoms with Crippen molar-refractivity contribution in [2.75, 3.05) is 0 Å². The van der Waals surface area contributed by atoms with E-state index in [4.69, 9.17) is 4.74 Å². The first-order valence-electron chi connectivity index (χ1n) is 4.88. The SMILES string of the molecule is O=S(=O)=Nc1ccc(Oc2ccccc2)cc1. The highest BCUT2D eigenvalue weighted by atomic mass is 32.2. The van der Waals surface area contributed by atoms with Crippen LogP contribution in [0.15, 0.2) is 59.0 Å². The van der Waals surface area contributed by atoms with E-state index in [9.17, 15) is 8.42 Å². The summed E-state index contributed by atoms with van der Waals surface area (Å²) in [5.74, 6) is 1.36. The van der Waals surface area contributed by atoms with Crippen LogP contribution < -0.4 is 4.74 Å². The van der Waals surface area contributed by atoms with Crippen molar-refractivity contribution in [2.45, 2.75) is 0 Å². The van der Waals surface area contributed by atoms with E-state index in [-0.39, 0.29) is 0 Å². The Kier molecular flexibility index (Phi) is 3.52. The summed E-state index contributed by atoms with van der Waals surface area (Å²) in [5.41, 5.74) is 0.374. The molecule has 0 N–H and O–H groups in total. The van der Waals surface area contributed by atoms with Crippen molar-refractivity contribution in [3.05, 3.63) is 54.6 Å². The minimum absolute atomic E-state index is 0.374. The number of ether oxygens (including phenoxy) is 1. The Hall–Kier alpha value is -2.14. The van der Waals surface area contributed by atoms with E-state index in [0.717, 1.165) is 5.75 Å². The molecule has 0 bridgehead atoms. The van der Waals surface area contributed by atoms with Crippen molar-refractivity contribution in [3.63, 3.8) is 0 Å². The molecule has 2 rings (SSSR count). The second-order valence-electron chi connectivity index (χ2n) is 3.22. The summed E-state index contributed by atoms with van der Waals surface area (Å²) in [4.78, 5) is 0. The molecule has 0 amide bonds. The van der Waals surface area contributed by atoms with Crippen molar-refractivity contribution in [1.29, 1.82) is 0 Å². The Morgan fingerprint density at radius 1 is 0.824 bits per heavy atom. The van der Waals surface area contributed by atoms with Crippen LogP contribution in [0.2, 0.25) is 0 Å². The first-order chi connectivity index (χ1) is 8.24. The second-order valence-corrected chi connectivity index (χ2v) is 3.83. The van der Waals surface area contributed by atoms with Gasteiger partial charge >= 0.3 is 10.5 Å². The van der Waals surface area contributed by atoms with Crippen LogP contribution in [-0.4, -0.2) is 8.42 Å². The minimum atomic E-state index is -2.43. The minimum Gasteiger partial charge on any atom is -0.457 e. The Morgan fingerprint density at radius 2 is 1.41 bits per heavy atom. The molecule has 0 radical (unpaired) electrons. The van der Waals surface area contributed by atoms with Crippen LogP contribution in [0.25, 0.3) is 0 Å². The molecule has 0 aliphatic rings. The van der Waals surface area contributed by atoms with Gasteiger partial charge < -0.3 is 4.74 Å². The molecule has 0 unspecified atom stereocenters. The van der Waals surface area contributed by atoms with Gasteiger partial charge in [0.2, 0.25) is 0 Å². The molecule has 4 nitrogen and oxygen atoms in total. The number of para-hydroxylation sites is 1. The van der Waals surface area contributed by atoms with Crippen LogP contribution in [0.3, 0.4) is 0 Å². The predicted molar refractivity (Wildman–Crippen MR) is 64.0 cm³/mol. The molecule has 0 aliphatic heterocycles. The van der Waals surface area contributed by atoms with Crippen LogP contribution in [0.5, 0.6) is 11.5 Å². The van der Waals surface area contributed by atoms with Gasteiger partial charge in [0.15, 0.2) is 0 Å². The molecular formula is C12H9NO3S. The summed E-state index contributed by atoms with van der Waals surface area (Å²) in [6.07, 6.45) is 0. The Balaban J connectivity index is 2.17. The molecule has 0 atom stereocenters. The third-order valence-corrected chi connectivity index (χ3v) is 2.36. The van der Waals surface area contributed by atoms with E-state index in [1.807, 2.05) is 30.3 Å². The van der Waals surface area contributed by atoms with Gasteiger partial charge in [-0.3, -0.25) is 0 Å². The van der Waals surface area contributed by atoms with Gasteiger partial charge in [-0.05, 0) is 36.4 Å². The van der Waals surface area contributed by atoms with Crippen molar-refractivity contribution in [1.82, 2.24) is 0 Å². The quantitative estimate of drug-likeness (QED) is 0.837. The summed E-state index contributed by atoms with van der Waals surface area (Å²) in [6.45, 7) is 0.